The van der Waals surface area contributed by atoms with Crippen molar-refractivity contribution < 1.29 is 14.3 Å². The van der Waals surface area contributed by atoms with Gasteiger partial charge in [-0.2, -0.15) is 0 Å². The largest absolute Gasteiger partial charge is 0.465 e. The molecule has 0 saturated carbocycles. The zero-order chi connectivity index (χ0) is 17.8. The Hall–Kier alpha value is -2.41. The number of ether oxygens (including phenoxy) is 1. The lowest BCUT2D eigenvalue weighted by Crippen LogP contribution is -2.49. The van der Waals surface area contributed by atoms with Gasteiger partial charge in [0.05, 0.1) is 12.7 Å². The van der Waals surface area contributed by atoms with Crippen LogP contribution in [0.2, 0.25) is 0 Å². The SMILES string of the molecule is COC(=O)c1cccc(C(=O)N2CCN(c3ccc(Br)cn3)CC2)c1. The van der Waals surface area contributed by atoms with Crippen LogP contribution in [0.25, 0.3) is 0 Å². The van der Waals surface area contributed by atoms with Gasteiger partial charge in [0.15, 0.2) is 0 Å². The number of aromatic nitrogens is 1. The second-order valence-electron chi connectivity index (χ2n) is 5.69. The monoisotopic (exact) mass is 403 g/mol. The molecule has 25 heavy (non-hydrogen) atoms. The molecule has 0 aliphatic carbocycles. The quantitative estimate of drug-likeness (QED) is 0.736. The lowest BCUT2D eigenvalue weighted by molar-refractivity contribution is 0.0600. The Morgan fingerprint density at radius 2 is 1.80 bits per heavy atom. The Morgan fingerprint density at radius 1 is 1.08 bits per heavy atom. The summed E-state index contributed by atoms with van der Waals surface area (Å²) in [5.41, 5.74) is 0.879. The van der Waals surface area contributed by atoms with E-state index in [1.54, 1.807) is 35.4 Å². The molecule has 1 fully saturated rings. The number of hydrogen-bond donors (Lipinski definition) is 0. The molecule has 2 aromatic rings. The van der Waals surface area contributed by atoms with Gasteiger partial charge in [-0.25, -0.2) is 9.78 Å². The molecule has 1 aromatic heterocycles. The maximum atomic E-state index is 12.7. The van der Waals surface area contributed by atoms with Crippen LogP contribution in [0.3, 0.4) is 0 Å². The highest BCUT2D eigenvalue weighted by Gasteiger charge is 2.23. The predicted molar refractivity (Wildman–Crippen MR) is 97.8 cm³/mol. The van der Waals surface area contributed by atoms with Crippen LogP contribution in [0.15, 0.2) is 47.1 Å². The number of benzene rings is 1. The fraction of sp³-hybridized carbons (Fsp3) is 0.278. The molecule has 0 unspecified atom stereocenters. The number of piperazine rings is 1. The van der Waals surface area contributed by atoms with E-state index in [1.807, 2.05) is 12.1 Å². The van der Waals surface area contributed by atoms with Crippen molar-refractivity contribution in [3.63, 3.8) is 0 Å². The lowest BCUT2D eigenvalue weighted by atomic mass is 10.1. The number of halogens is 1. The third-order valence-corrected chi connectivity index (χ3v) is 4.60. The van der Waals surface area contributed by atoms with Gasteiger partial charge < -0.3 is 14.5 Å². The van der Waals surface area contributed by atoms with Gasteiger partial charge in [0.1, 0.15) is 5.82 Å². The molecule has 130 valence electrons. The molecule has 1 amide bonds. The molecule has 0 radical (unpaired) electrons. The van der Waals surface area contributed by atoms with E-state index in [-0.39, 0.29) is 5.91 Å². The minimum atomic E-state index is -0.444. The Bertz CT molecular complexity index is 771. The number of pyridine rings is 1. The van der Waals surface area contributed by atoms with Crippen LogP contribution in [0.4, 0.5) is 5.82 Å². The van der Waals surface area contributed by atoms with E-state index >= 15 is 0 Å². The standard InChI is InChI=1S/C18H18BrN3O3/c1-25-18(24)14-4-2-3-13(11-14)17(23)22-9-7-21(8-10-22)16-6-5-15(19)12-20-16/h2-6,11-12H,7-10H2,1H3. The summed E-state index contributed by atoms with van der Waals surface area (Å²) in [5, 5.41) is 0. The number of anilines is 1. The van der Waals surface area contributed by atoms with Crippen LogP contribution in [0.1, 0.15) is 20.7 Å². The summed E-state index contributed by atoms with van der Waals surface area (Å²) >= 11 is 3.38. The van der Waals surface area contributed by atoms with Crippen molar-refractivity contribution in [2.75, 3.05) is 38.2 Å². The van der Waals surface area contributed by atoms with Gasteiger partial charge in [0.2, 0.25) is 0 Å². The van der Waals surface area contributed by atoms with Crippen molar-refractivity contribution in [3.05, 3.63) is 58.2 Å². The summed E-state index contributed by atoms with van der Waals surface area (Å²) in [6, 6.07) is 10.6. The molecule has 0 spiro atoms. The van der Waals surface area contributed by atoms with E-state index in [0.717, 1.165) is 23.4 Å². The average Bonchev–Trinajstić information content (AvgIpc) is 2.67. The lowest BCUT2D eigenvalue weighted by Gasteiger charge is -2.35. The van der Waals surface area contributed by atoms with Gasteiger partial charge >= 0.3 is 5.97 Å². The van der Waals surface area contributed by atoms with Crippen LogP contribution >= 0.6 is 15.9 Å². The molecule has 3 rings (SSSR count). The summed E-state index contributed by atoms with van der Waals surface area (Å²) < 4.78 is 5.65. The Morgan fingerprint density at radius 3 is 2.44 bits per heavy atom. The van der Waals surface area contributed by atoms with Crippen LogP contribution in [0, 0.1) is 0 Å². The first-order valence-corrected chi connectivity index (χ1v) is 8.72. The van der Waals surface area contributed by atoms with Crippen molar-refractivity contribution in [2.45, 2.75) is 0 Å². The first-order chi connectivity index (χ1) is 12.1. The zero-order valence-electron chi connectivity index (χ0n) is 13.8. The Kier molecular flexibility index (Phi) is 5.33. The molecule has 6 nitrogen and oxygen atoms in total. The molecule has 1 aliphatic rings. The molecule has 2 heterocycles. The molecule has 7 heteroatoms. The fourth-order valence-electron chi connectivity index (χ4n) is 2.77. The highest BCUT2D eigenvalue weighted by Crippen LogP contribution is 2.18. The summed E-state index contributed by atoms with van der Waals surface area (Å²) in [6.45, 7) is 2.66. The van der Waals surface area contributed by atoms with Gasteiger partial charge in [-0.1, -0.05) is 6.07 Å². The number of rotatable bonds is 3. The summed E-state index contributed by atoms with van der Waals surface area (Å²) in [5.74, 6) is 0.387. The van der Waals surface area contributed by atoms with Crippen LogP contribution in [0.5, 0.6) is 0 Å². The van der Waals surface area contributed by atoms with E-state index in [2.05, 4.69) is 25.8 Å². The molecule has 1 saturated heterocycles. The number of carbonyl (C=O) groups is 2. The number of methoxy groups -OCH3 is 1. The number of nitrogens with zero attached hydrogens (tertiary/aromatic N) is 3. The second-order valence-corrected chi connectivity index (χ2v) is 6.60. The van der Waals surface area contributed by atoms with Gasteiger partial charge in [-0.3, -0.25) is 4.79 Å². The number of esters is 1. The van der Waals surface area contributed by atoms with Gasteiger partial charge in [-0.15, -0.1) is 0 Å². The minimum absolute atomic E-state index is 0.0748. The normalized spacial score (nSPS) is 14.3. The second kappa shape index (κ2) is 7.65. The van der Waals surface area contributed by atoms with Crippen molar-refractivity contribution in [1.29, 1.82) is 0 Å². The van der Waals surface area contributed by atoms with E-state index in [1.165, 1.54) is 7.11 Å². The first-order valence-electron chi connectivity index (χ1n) is 7.92. The van der Waals surface area contributed by atoms with Crippen molar-refractivity contribution in [3.8, 4) is 0 Å². The highest BCUT2D eigenvalue weighted by atomic mass is 79.9. The minimum Gasteiger partial charge on any atom is -0.465 e. The zero-order valence-corrected chi connectivity index (χ0v) is 15.4. The fourth-order valence-corrected chi connectivity index (χ4v) is 3.01. The molecule has 0 bridgehead atoms. The van der Waals surface area contributed by atoms with Crippen molar-refractivity contribution in [1.82, 2.24) is 9.88 Å². The predicted octanol–water partition coefficient (Wildman–Crippen LogP) is 2.59. The molecular weight excluding hydrogens is 386 g/mol. The van der Waals surface area contributed by atoms with Crippen LogP contribution in [-0.4, -0.2) is 55.0 Å². The topological polar surface area (TPSA) is 62.7 Å². The number of amides is 1. The van der Waals surface area contributed by atoms with E-state index in [4.69, 9.17) is 4.74 Å². The van der Waals surface area contributed by atoms with E-state index in [9.17, 15) is 9.59 Å². The molecular formula is C18H18BrN3O3. The van der Waals surface area contributed by atoms with Gasteiger partial charge in [0, 0.05) is 42.4 Å². The average molecular weight is 404 g/mol. The Labute approximate surface area is 154 Å². The van der Waals surface area contributed by atoms with Crippen LogP contribution < -0.4 is 4.90 Å². The Balaban J connectivity index is 1.65. The number of carbonyl (C=O) groups excluding carboxylic acids is 2. The number of hydrogen-bond acceptors (Lipinski definition) is 5. The first kappa shape index (κ1) is 17.4. The highest BCUT2D eigenvalue weighted by molar-refractivity contribution is 9.10. The van der Waals surface area contributed by atoms with Crippen molar-refractivity contribution >= 4 is 33.6 Å². The summed E-state index contributed by atoms with van der Waals surface area (Å²) in [6.07, 6.45) is 1.77. The maximum absolute atomic E-state index is 12.7. The molecule has 0 N–H and O–H groups in total. The molecule has 1 aromatic carbocycles. The summed E-state index contributed by atoms with van der Waals surface area (Å²) in [4.78, 5) is 32.7. The third-order valence-electron chi connectivity index (χ3n) is 4.13. The van der Waals surface area contributed by atoms with E-state index < -0.39 is 5.97 Å². The smallest absolute Gasteiger partial charge is 0.337 e. The third kappa shape index (κ3) is 3.99. The molecule has 1 aliphatic heterocycles. The summed E-state index contributed by atoms with van der Waals surface area (Å²) in [7, 11) is 1.33. The van der Waals surface area contributed by atoms with Crippen LogP contribution in [-0.2, 0) is 4.74 Å². The van der Waals surface area contributed by atoms with Gasteiger partial charge in [0.25, 0.3) is 5.91 Å². The van der Waals surface area contributed by atoms with E-state index in [0.29, 0.717) is 24.2 Å². The molecule has 0 atom stereocenters. The van der Waals surface area contributed by atoms with Crippen molar-refractivity contribution in [2.24, 2.45) is 0 Å². The maximum Gasteiger partial charge on any atom is 0.337 e. The van der Waals surface area contributed by atoms with Gasteiger partial charge in [-0.05, 0) is 46.3 Å².